The molecule has 5 nitrogen and oxygen atoms in total. The molecule has 1 aromatic heterocycles. The Balaban J connectivity index is 2.24. The lowest BCUT2D eigenvalue weighted by atomic mass is 10.2. The number of hydrogen-bond donors (Lipinski definition) is 1. The minimum Gasteiger partial charge on any atom is -0.279 e. The molecule has 22 heavy (non-hydrogen) atoms. The zero-order chi connectivity index (χ0) is 16.4. The van der Waals surface area contributed by atoms with Gasteiger partial charge in [-0.2, -0.15) is 0 Å². The Morgan fingerprint density at radius 3 is 2.41 bits per heavy atom. The molecule has 120 valence electrons. The maximum Gasteiger partial charge on any atom is 0.271 e. The lowest BCUT2D eigenvalue weighted by Gasteiger charge is -2.08. The summed E-state index contributed by atoms with van der Waals surface area (Å²) in [5.74, 6) is -0.123. The third-order valence-electron chi connectivity index (χ3n) is 2.86. The Morgan fingerprint density at radius 2 is 1.82 bits per heavy atom. The molecule has 0 aliphatic rings. The van der Waals surface area contributed by atoms with Gasteiger partial charge in [0.05, 0.1) is 5.75 Å². The lowest BCUT2D eigenvalue weighted by molar-refractivity contribution is 0.600. The third kappa shape index (κ3) is 4.56. The highest BCUT2D eigenvalue weighted by molar-refractivity contribution is 7.94. The van der Waals surface area contributed by atoms with E-state index in [2.05, 4.69) is 4.72 Å². The van der Waals surface area contributed by atoms with E-state index >= 15 is 0 Å². The summed E-state index contributed by atoms with van der Waals surface area (Å²) in [5.41, 5.74) is 0.899. The Kier molecular flexibility index (Phi) is 4.93. The van der Waals surface area contributed by atoms with Crippen molar-refractivity contribution in [3.63, 3.8) is 0 Å². The number of benzene rings is 1. The van der Waals surface area contributed by atoms with Gasteiger partial charge in [0.15, 0.2) is 9.84 Å². The van der Waals surface area contributed by atoms with Crippen molar-refractivity contribution in [2.24, 2.45) is 0 Å². The summed E-state index contributed by atoms with van der Waals surface area (Å²) in [7, 11) is -6.81. The minimum atomic E-state index is -3.64. The number of sulfonamides is 1. The first-order valence-electron chi connectivity index (χ1n) is 6.58. The van der Waals surface area contributed by atoms with E-state index in [0.29, 0.717) is 11.3 Å². The standard InChI is InChI=1S/C14H17NO4S3/c1-3-13-7-8-14(20-13)22(18,19)15-12-6-4-5-11(9-12)10-21(2,16)17/h4-9,15H,3,10H2,1-2H3. The van der Waals surface area contributed by atoms with Crippen LogP contribution >= 0.6 is 11.3 Å². The fourth-order valence-corrected chi connectivity index (χ4v) is 5.06. The second-order valence-corrected chi connectivity index (χ2v) is 10.2. The SMILES string of the molecule is CCc1ccc(S(=O)(=O)Nc2cccc(CS(C)(=O)=O)c2)s1. The molecule has 8 heteroatoms. The van der Waals surface area contributed by atoms with E-state index in [1.807, 2.05) is 6.92 Å². The van der Waals surface area contributed by atoms with Gasteiger partial charge in [-0.25, -0.2) is 16.8 Å². The fourth-order valence-electron chi connectivity index (χ4n) is 1.93. The maximum atomic E-state index is 12.3. The molecule has 0 saturated carbocycles. The number of anilines is 1. The van der Waals surface area contributed by atoms with Crippen molar-refractivity contribution < 1.29 is 16.8 Å². The molecule has 0 radical (unpaired) electrons. The highest BCUT2D eigenvalue weighted by Crippen LogP contribution is 2.24. The molecule has 1 N–H and O–H groups in total. The molecule has 0 bridgehead atoms. The molecule has 0 aliphatic carbocycles. The van der Waals surface area contributed by atoms with Gasteiger partial charge in [0.25, 0.3) is 10.0 Å². The van der Waals surface area contributed by atoms with Crippen LogP contribution in [0.2, 0.25) is 0 Å². The molecule has 0 atom stereocenters. The van der Waals surface area contributed by atoms with Gasteiger partial charge in [-0.05, 0) is 36.2 Å². The number of sulfone groups is 1. The van der Waals surface area contributed by atoms with E-state index in [1.165, 1.54) is 17.4 Å². The van der Waals surface area contributed by atoms with Crippen molar-refractivity contribution in [1.29, 1.82) is 0 Å². The predicted molar refractivity (Wildman–Crippen MR) is 89.5 cm³/mol. The summed E-state index contributed by atoms with van der Waals surface area (Å²) in [6.07, 6.45) is 1.92. The highest BCUT2D eigenvalue weighted by atomic mass is 32.2. The number of nitrogens with one attached hydrogen (secondary N) is 1. The van der Waals surface area contributed by atoms with Gasteiger partial charge in [-0.15, -0.1) is 11.3 Å². The monoisotopic (exact) mass is 359 g/mol. The van der Waals surface area contributed by atoms with Crippen molar-refractivity contribution in [1.82, 2.24) is 0 Å². The zero-order valence-electron chi connectivity index (χ0n) is 12.2. The summed E-state index contributed by atoms with van der Waals surface area (Å²) in [6, 6.07) is 9.78. The molecule has 0 aliphatic heterocycles. The second-order valence-electron chi connectivity index (χ2n) is 4.95. The smallest absolute Gasteiger partial charge is 0.271 e. The lowest BCUT2D eigenvalue weighted by Crippen LogP contribution is -2.11. The van der Waals surface area contributed by atoms with Gasteiger partial charge in [-0.3, -0.25) is 4.72 Å². The first-order chi connectivity index (χ1) is 10.2. The van der Waals surface area contributed by atoms with Crippen molar-refractivity contribution in [2.75, 3.05) is 11.0 Å². The average Bonchev–Trinajstić information content (AvgIpc) is 2.86. The van der Waals surface area contributed by atoms with Crippen LogP contribution in [0.4, 0.5) is 5.69 Å². The summed E-state index contributed by atoms with van der Waals surface area (Å²) >= 11 is 1.23. The predicted octanol–water partition coefficient (Wildman–Crippen LogP) is 2.66. The molecule has 1 aromatic carbocycles. The molecule has 2 rings (SSSR count). The van der Waals surface area contributed by atoms with E-state index in [0.717, 1.165) is 17.6 Å². The largest absolute Gasteiger partial charge is 0.279 e. The van der Waals surface area contributed by atoms with Gasteiger partial charge in [0, 0.05) is 16.8 Å². The summed E-state index contributed by atoms with van der Waals surface area (Å²) in [4.78, 5) is 0.992. The van der Waals surface area contributed by atoms with Crippen molar-refractivity contribution >= 4 is 36.9 Å². The van der Waals surface area contributed by atoms with Crippen LogP contribution in [0.3, 0.4) is 0 Å². The van der Waals surface area contributed by atoms with Crippen LogP contribution < -0.4 is 4.72 Å². The van der Waals surface area contributed by atoms with Crippen LogP contribution in [0.15, 0.2) is 40.6 Å². The molecular formula is C14H17NO4S3. The highest BCUT2D eigenvalue weighted by Gasteiger charge is 2.17. The van der Waals surface area contributed by atoms with E-state index in [-0.39, 0.29) is 9.96 Å². The van der Waals surface area contributed by atoms with Crippen LogP contribution in [0.1, 0.15) is 17.4 Å². The van der Waals surface area contributed by atoms with Gasteiger partial charge >= 0.3 is 0 Å². The van der Waals surface area contributed by atoms with Crippen LogP contribution in [0.5, 0.6) is 0 Å². The van der Waals surface area contributed by atoms with Gasteiger partial charge in [0.1, 0.15) is 4.21 Å². The molecule has 2 aromatic rings. The van der Waals surface area contributed by atoms with E-state index in [1.54, 1.807) is 30.3 Å². The second kappa shape index (κ2) is 6.39. The molecule has 1 heterocycles. The normalized spacial score (nSPS) is 12.3. The molecule has 0 saturated heterocycles. The summed E-state index contributed by atoms with van der Waals surface area (Å²) in [5, 5.41) is 0. The van der Waals surface area contributed by atoms with Crippen LogP contribution in [-0.4, -0.2) is 23.1 Å². The number of aryl methyl sites for hydroxylation is 1. The maximum absolute atomic E-state index is 12.3. The van der Waals surface area contributed by atoms with Gasteiger partial charge in [0.2, 0.25) is 0 Å². The Hall–Kier alpha value is -1.38. The van der Waals surface area contributed by atoms with E-state index in [9.17, 15) is 16.8 Å². The average molecular weight is 359 g/mol. The molecule has 0 fully saturated rings. The number of hydrogen-bond acceptors (Lipinski definition) is 5. The van der Waals surface area contributed by atoms with Crippen molar-refractivity contribution in [3.05, 3.63) is 46.8 Å². The Morgan fingerprint density at radius 1 is 1.09 bits per heavy atom. The van der Waals surface area contributed by atoms with Crippen molar-refractivity contribution in [3.8, 4) is 0 Å². The fraction of sp³-hybridized carbons (Fsp3) is 0.286. The number of thiophene rings is 1. The first kappa shape index (κ1) is 17.0. The van der Waals surface area contributed by atoms with Gasteiger partial charge < -0.3 is 0 Å². The van der Waals surface area contributed by atoms with Crippen molar-refractivity contribution in [2.45, 2.75) is 23.3 Å². The quantitative estimate of drug-likeness (QED) is 0.860. The van der Waals surface area contributed by atoms with E-state index in [4.69, 9.17) is 0 Å². The first-order valence-corrected chi connectivity index (χ1v) is 10.9. The molecule has 0 unspecified atom stereocenters. The Labute approximate surface area is 135 Å². The van der Waals surface area contributed by atoms with E-state index < -0.39 is 19.9 Å². The summed E-state index contributed by atoms with van der Waals surface area (Å²) in [6.45, 7) is 1.96. The zero-order valence-corrected chi connectivity index (χ0v) is 14.7. The Bertz CT molecular complexity index is 867. The summed E-state index contributed by atoms with van der Waals surface area (Å²) < 4.78 is 50.0. The third-order valence-corrected chi connectivity index (χ3v) is 6.82. The topological polar surface area (TPSA) is 80.3 Å². The molecule has 0 spiro atoms. The molecular weight excluding hydrogens is 342 g/mol. The van der Waals surface area contributed by atoms with Crippen LogP contribution in [0.25, 0.3) is 0 Å². The molecule has 0 amide bonds. The minimum absolute atomic E-state index is 0.123. The van der Waals surface area contributed by atoms with Crippen LogP contribution in [0, 0.1) is 0 Å². The van der Waals surface area contributed by atoms with Crippen LogP contribution in [-0.2, 0) is 32.0 Å². The van der Waals surface area contributed by atoms with Gasteiger partial charge in [-0.1, -0.05) is 19.1 Å². The number of rotatable bonds is 6.